The fourth-order valence-electron chi connectivity index (χ4n) is 1.58. The first-order chi connectivity index (χ1) is 10.3. The van der Waals surface area contributed by atoms with E-state index in [1.54, 1.807) is 25.1 Å². The summed E-state index contributed by atoms with van der Waals surface area (Å²) in [5.41, 5.74) is 1.12. The third-order valence-corrected chi connectivity index (χ3v) is 5.01. The van der Waals surface area contributed by atoms with Gasteiger partial charge in [0.2, 0.25) is 0 Å². The summed E-state index contributed by atoms with van der Waals surface area (Å²) in [6, 6.07) is 10.7. The van der Waals surface area contributed by atoms with Crippen LogP contribution < -0.4 is 4.83 Å². The molecule has 0 radical (unpaired) electrons. The second-order valence-electron chi connectivity index (χ2n) is 4.37. The molecule has 0 atom stereocenters. The molecule has 0 bridgehead atoms. The molecular weight excluding hydrogens is 367 g/mol. The molecule has 0 saturated heterocycles. The number of nitrogens with one attached hydrogen (secondary N) is 1. The van der Waals surface area contributed by atoms with Crippen molar-refractivity contribution in [3.63, 3.8) is 0 Å². The molecule has 2 aromatic rings. The topological polar surface area (TPSA) is 58.5 Å². The van der Waals surface area contributed by atoms with Gasteiger partial charge in [-0.15, -0.1) is 0 Å². The van der Waals surface area contributed by atoms with Gasteiger partial charge in [-0.25, -0.2) is 0 Å². The highest BCUT2D eigenvalue weighted by Gasteiger charge is 2.13. The van der Waals surface area contributed by atoms with E-state index in [4.69, 9.17) is 34.8 Å². The van der Waals surface area contributed by atoms with E-state index in [2.05, 4.69) is 9.93 Å². The Kier molecular flexibility index (Phi) is 5.34. The summed E-state index contributed by atoms with van der Waals surface area (Å²) in [5, 5.41) is 5.12. The average Bonchev–Trinajstić information content (AvgIpc) is 2.48. The number of hydrogen-bond acceptors (Lipinski definition) is 3. The van der Waals surface area contributed by atoms with Crippen LogP contribution in [-0.4, -0.2) is 14.1 Å². The molecular formula is C14H11Cl3N2O2S. The molecule has 0 aliphatic heterocycles. The van der Waals surface area contributed by atoms with E-state index in [9.17, 15) is 8.42 Å². The number of hydrogen-bond donors (Lipinski definition) is 1. The van der Waals surface area contributed by atoms with Crippen LogP contribution in [0.5, 0.6) is 0 Å². The molecule has 0 aliphatic carbocycles. The smallest absolute Gasteiger partial charge is 0.200 e. The van der Waals surface area contributed by atoms with Crippen LogP contribution in [0.4, 0.5) is 0 Å². The lowest BCUT2D eigenvalue weighted by Crippen LogP contribution is -2.19. The van der Waals surface area contributed by atoms with Crippen molar-refractivity contribution in [3.05, 3.63) is 63.1 Å². The highest BCUT2D eigenvalue weighted by molar-refractivity contribution is 7.89. The van der Waals surface area contributed by atoms with Crippen molar-refractivity contribution in [2.75, 3.05) is 0 Å². The van der Waals surface area contributed by atoms with Crippen molar-refractivity contribution in [1.82, 2.24) is 4.83 Å². The molecule has 2 rings (SSSR count). The third kappa shape index (κ3) is 4.14. The second-order valence-corrected chi connectivity index (χ2v) is 7.29. The lowest BCUT2D eigenvalue weighted by molar-refractivity contribution is 0.584. The highest BCUT2D eigenvalue weighted by Crippen LogP contribution is 2.23. The van der Waals surface area contributed by atoms with Crippen LogP contribution in [0.15, 0.2) is 52.5 Å². The van der Waals surface area contributed by atoms with E-state index in [0.717, 1.165) is 0 Å². The number of benzene rings is 2. The highest BCUT2D eigenvalue weighted by atomic mass is 35.5. The number of rotatable bonds is 4. The standard InChI is InChI=1S/C14H11Cl3N2O2S/c1-9(10-2-7-13(16)14(17)8-10)18-19-22(20,21)12-5-3-11(15)4-6-12/h2-8,19H,1H3/b18-9+. The third-order valence-electron chi connectivity index (χ3n) is 2.79. The van der Waals surface area contributed by atoms with E-state index < -0.39 is 10.0 Å². The first kappa shape index (κ1) is 17.1. The molecule has 0 aliphatic rings. The molecule has 0 aromatic heterocycles. The molecule has 0 heterocycles. The lowest BCUT2D eigenvalue weighted by atomic mass is 10.1. The summed E-state index contributed by atoms with van der Waals surface area (Å²) < 4.78 is 24.2. The van der Waals surface area contributed by atoms with Crippen LogP contribution in [0.25, 0.3) is 0 Å². The average molecular weight is 378 g/mol. The maximum atomic E-state index is 12.1. The zero-order valence-electron chi connectivity index (χ0n) is 11.3. The van der Waals surface area contributed by atoms with Gasteiger partial charge in [0.05, 0.1) is 20.7 Å². The molecule has 116 valence electrons. The van der Waals surface area contributed by atoms with Crippen molar-refractivity contribution in [1.29, 1.82) is 0 Å². The van der Waals surface area contributed by atoms with E-state index in [1.165, 1.54) is 24.3 Å². The van der Waals surface area contributed by atoms with Gasteiger partial charge < -0.3 is 0 Å². The Bertz CT molecular complexity index is 818. The van der Waals surface area contributed by atoms with Gasteiger partial charge in [0.1, 0.15) is 0 Å². The second kappa shape index (κ2) is 6.87. The molecule has 1 N–H and O–H groups in total. The van der Waals surface area contributed by atoms with E-state index >= 15 is 0 Å². The Balaban J connectivity index is 2.22. The van der Waals surface area contributed by atoms with Gasteiger partial charge in [-0.1, -0.05) is 40.9 Å². The van der Waals surface area contributed by atoms with Crippen molar-refractivity contribution < 1.29 is 8.42 Å². The summed E-state index contributed by atoms with van der Waals surface area (Å²) in [4.78, 5) is 2.24. The zero-order valence-corrected chi connectivity index (χ0v) is 14.4. The summed E-state index contributed by atoms with van der Waals surface area (Å²) >= 11 is 17.5. The fraction of sp³-hybridized carbons (Fsp3) is 0.0714. The lowest BCUT2D eigenvalue weighted by Gasteiger charge is -2.06. The van der Waals surface area contributed by atoms with Gasteiger partial charge >= 0.3 is 0 Å². The van der Waals surface area contributed by atoms with E-state index in [1.807, 2.05) is 0 Å². The maximum absolute atomic E-state index is 12.1. The van der Waals surface area contributed by atoms with Crippen LogP contribution in [0.1, 0.15) is 12.5 Å². The summed E-state index contributed by atoms with van der Waals surface area (Å²) in [7, 11) is -3.75. The Morgan fingerprint density at radius 1 is 1.00 bits per heavy atom. The quantitative estimate of drug-likeness (QED) is 0.636. The molecule has 0 amide bonds. The van der Waals surface area contributed by atoms with Crippen LogP contribution >= 0.6 is 34.8 Å². The number of sulfonamides is 1. The zero-order chi connectivity index (χ0) is 16.3. The largest absolute Gasteiger partial charge is 0.276 e. The normalized spacial score (nSPS) is 12.3. The van der Waals surface area contributed by atoms with Crippen LogP contribution in [0.3, 0.4) is 0 Å². The van der Waals surface area contributed by atoms with Gasteiger partial charge in [0.25, 0.3) is 10.0 Å². The minimum atomic E-state index is -3.75. The molecule has 22 heavy (non-hydrogen) atoms. The van der Waals surface area contributed by atoms with Gasteiger partial charge in [-0.3, -0.25) is 0 Å². The van der Waals surface area contributed by atoms with Gasteiger partial charge in [0, 0.05) is 5.02 Å². The van der Waals surface area contributed by atoms with Crippen molar-refractivity contribution >= 4 is 50.5 Å². The van der Waals surface area contributed by atoms with E-state index in [0.29, 0.717) is 26.3 Å². The number of nitrogens with zero attached hydrogens (tertiary/aromatic N) is 1. The van der Waals surface area contributed by atoms with Gasteiger partial charge in [0.15, 0.2) is 0 Å². The monoisotopic (exact) mass is 376 g/mol. The Hall–Kier alpha value is -1.27. The summed E-state index contributed by atoms with van der Waals surface area (Å²) in [6.07, 6.45) is 0. The SMILES string of the molecule is C/C(=N\NS(=O)(=O)c1ccc(Cl)cc1)c1ccc(Cl)c(Cl)c1. The molecule has 0 unspecified atom stereocenters. The first-order valence-electron chi connectivity index (χ1n) is 6.07. The minimum absolute atomic E-state index is 0.0718. The maximum Gasteiger partial charge on any atom is 0.276 e. The fourth-order valence-corrected chi connectivity index (χ4v) is 2.86. The summed E-state index contributed by atoms with van der Waals surface area (Å²) in [6.45, 7) is 1.66. The molecule has 0 fully saturated rings. The Morgan fingerprint density at radius 3 is 2.23 bits per heavy atom. The molecule has 0 spiro atoms. The van der Waals surface area contributed by atoms with Crippen LogP contribution in [-0.2, 0) is 10.0 Å². The van der Waals surface area contributed by atoms with Crippen LogP contribution in [0, 0.1) is 0 Å². The predicted molar refractivity (Wildman–Crippen MR) is 90.4 cm³/mol. The molecule has 0 saturated carbocycles. The summed E-state index contributed by atoms with van der Waals surface area (Å²) in [5.74, 6) is 0. The van der Waals surface area contributed by atoms with Crippen molar-refractivity contribution in [2.24, 2.45) is 5.10 Å². The molecule has 4 nitrogen and oxygen atoms in total. The van der Waals surface area contributed by atoms with Crippen molar-refractivity contribution in [2.45, 2.75) is 11.8 Å². The Labute approximate surface area is 143 Å². The number of halogens is 3. The predicted octanol–water partition coefficient (Wildman–Crippen LogP) is 4.35. The minimum Gasteiger partial charge on any atom is -0.200 e. The first-order valence-corrected chi connectivity index (χ1v) is 8.68. The molecule has 2 aromatic carbocycles. The van der Waals surface area contributed by atoms with E-state index in [-0.39, 0.29) is 4.90 Å². The van der Waals surface area contributed by atoms with Gasteiger partial charge in [-0.2, -0.15) is 18.4 Å². The molecule has 8 heteroatoms. The van der Waals surface area contributed by atoms with Gasteiger partial charge in [-0.05, 0) is 48.9 Å². The number of hydrazone groups is 1. The van der Waals surface area contributed by atoms with Crippen LogP contribution in [0.2, 0.25) is 15.1 Å². The Morgan fingerprint density at radius 2 is 1.64 bits per heavy atom. The van der Waals surface area contributed by atoms with Crippen molar-refractivity contribution in [3.8, 4) is 0 Å².